The van der Waals surface area contributed by atoms with Crippen LogP contribution in [0.25, 0.3) is 0 Å². The average Bonchev–Trinajstić information content (AvgIpc) is 2.55. The zero-order valence-corrected chi connectivity index (χ0v) is 13.6. The molecule has 1 saturated heterocycles. The lowest BCUT2D eigenvalue weighted by atomic mass is 9.96. The number of nitrogens with zero attached hydrogens (tertiary/aromatic N) is 3. The van der Waals surface area contributed by atoms with Crippen molar-refractivity contribution in [1.82, 2.24) is 9.97 Å². The first kappa shape index (κ1) is 15.5. The largest absolute Gasteiger partial charge is 0.341 e. The van der Waals surface area contributed by atoms with Crippen molar-refractivity contribution < 1.29 is 4.79 Å². The summed E-state index contributed by atoms with van der Waals surface area (Å²) in [6.07, 6.45) is 5.16. The topological polar surface area (TPSA) is 58.1 Å². The van der Waals surface area contributed by atoms with Gasteiger partial charge in [-0.2, -0.15) is 0 Å². The fourth-order valence-electron chi connectivity index (χ4n) is 3.09. The molecule has 120 valence electrons. The van der Waals surface area contributed by atoms with Crippen LogP contribution in [0, 0.1) is 19.8 Å². The predicted octanol–water partition coefficient (Wildman–Crippen LogP) is 2.95. The van der Waals surface area contributed by atoms with Crippen LogP contribution in [-0.2, 0) is 4.79 Å². The second-order valence-corrected chi connectivity index (χ2v) is 6.18. The second kappa shape index (κ2) is 6.77. The van der Waals surface area contributed by atoms with E-state index in [1.54, 1.807) is 12.4 Å². The zero-order chi connectivity index (χ0) is 16.2. The number of hydrogen-bond acceptors (Lipinski definition) is 4. The highest BCUT2D eigenvalue weighted by Gasteiger charge is 2.26. The Labute approximate surface area is 136 Å². The normalized spacial score (nSPS) is 15.5. The van der Waals surface area contributed by atoms with Crippen molar-refractivity contribution in [2.24, 2.45) is 5.92 Å². The molecule has 0 unspecified atom stereocenters. The van der Waals surface area contributed by atoms with E-state index in [1.807, 2.05) is 32.0 Å². The number of hydrogen-bond donors (Lipinski definition) is 1. The maximum absolute atomic E-state index is 12.5. The van der Waals surface area contributed by atoms with Crippen LogP contribution >= 0.6 is 0 Å². The number of rotatable bonds is 3. The number of benzene rings is 1. The zero-order valence-electron chi connectivity index (χ0n) is 13.6. The minimum Gasteiger partial charge on any atom is -0.341 e. The van der Waals surface area contributed by atoms with Crippen molar-refractivity contribution in [2.75, 3.05) is 23.3 Å². The van der Waals surface area contributed by atoms with Crippen LogP contribution < -0.4 is 10.2 Å². The van der Waals surface area contributed by atoms with Gasteiger partial charge in [-0.3, -0.25) is 4.79 Å². The Morgan fingerprint density at radius 3 is 2.30 bits per heavy atom. The summed E-state index contributed by atoms with van der Waals surface area (Å²) in [5.41, 5.74) is 3.22. The molecule has 23 heavy (non-hydrogen) atoms. The minimum absolute atomic E-state index is 0.0516. The molecule has 2 heterocycles. The van der Waals surface area contributed by atoms with E-state index < -0.39 is 0 Å². The van der Waals surface area contributed by atoms with E-state index in [2.05, 4.69) is 26.3 Å². The van der Waals surface area contributed by atoms with Crippen LogP contribution in [0.4, 0.5) is 11.6 Å². The minimum atomic E-state index is 0.0516. The van der Waals surface area contributed by atoms with E-state index in [0.717, 1.165) is 48.7 Å². The number of aromatic nitrogens is 2. The van der Waals surface area contributed by atoms with Crippen LogP contribution in [0.5, 0.6) is 0 Å². The van der Waals surface area contributed by atoms with Gasteiger partial charge in [0.1, 0.15) is 0 Å². The molecule has 1 aliphatic heterocycles. The predicted molar refractivity (Wildman–Crippen MR) is 91.5 cm³/mol. The number of anilines is 2. The molecule has 1 N–H and O–H groups in total. The fourth-order valence-corrected chi connectivity index (χ4v) is 3.09. The number of piperidine rings is 1. The van der Waals surface area contributed by atoms with E-state index >= 15 is 0 Å². The van der Waals surface area contributed by atoms with E-state index in [0.29, 0.717) is 0 Å². The van der Waals surface area contributed by atoms with Crippen molar-refractivity contribution in [3.63, 3.8) is 0 Å². The molecule has 0 radical (unpaired) electrons. The molecule has 5 nitrogen and oxygen atoms in total. The van der Waals surface area contributed by atoms with E-state index in [-0.39, 0.29) is 11.8 Å². The number of carbonyl (C=O) groups is 1. The summed E-state index contributed by atoms with van der Waals surface area (Å²) in [5.74, 6) is 0.917. The SMILES string of the molecule is Cc1cc(C)cc(NC(=O)C2CCN(c3ncccn3)CC2)c1. The number of aryl methyl sites for hydroxylation is 2. The maximum atomic E-state index is 12.5. The van der Waals surface area contributed by atoms with Gasteiger partial charge in [0, 0.05) is 37.1 Å². The number of carbonyl (C=O) groups excluding carboxylic acids is 1. The summed E-state index contributed by atoms with van der Waals surface area (Å²) in [5, 5.41) is 3.06. The first-order chi connectivity index (χ1) is 11.1. The molecule has 0 aliphatic carbocycles. The highest BCUT2D eigenvalue weighted by Crippen LogP contribution is 2.22. The van der Waals surface area contributed by atoms with Crippen LogP contribution in [0.15, 0.2) is 36.7 Å². The molecule has 3 rings (SSSR count). The van der Waals surface area contributed by atoms with Crippen molar-refractivity contribution in [3.8, 4) is 0 Å². The summed E-state index contributed by atoms with van der Waals surface area (Å²) in [6.45, 7) is 5.71. The van der Waals surface area contributed by atoms with Crippen molar-refractivity contribution >= 4 is 17.5 Å². The highest BCUT2D eigenvalue weighted by atomic mass is 16.1. The van der Waals surface area contributed by atoms with Gasteiger partial charge in [-0.1, -0.05) is 6.07 Å². The monoisotopic (exact) mass is 310 g/mol. The lowest BCUT2D eigenvalue weighted by Gasteiger charge is -2.31. The molecule has 1 aromatic carbocycles. The summed E-state index contributed by atoms with van der Waals surface area (Å²) in [6, 6.07) is 7.94. The standard InChI is InChI=1S/C18H22N4O/c1-13-10-14(2)12-16(11-13)21-17(23)15-4-8-22(9-5-15)18-19-6-3-7-20-18/h3,6-7,10-12,15H,4-5,8-9H2,1-2H3,(H,21,23). The summed E-state index contributed by atoms with van der Waals surface area (Å²) in [7, 11) is 0. The number of nitrogens with one attached hydrogen (secondary N) is 1. The molecular formula is C18H22N4O. The fraction of sp³-hybridized carbons (Fsp3) is 0.389. The molecule has 0 atom stereocenters. The Morgan fingerprint density at radius 1 is 1.09 bits per heavy atom. The molecule has 0 bridgehead atoms. The van der Waals surface area contributed by atoms with Crippen LogP contribution in [0.3, 0.4) is 0 Å². The molecule has 1 aromatic heterocycles. The smallest absolute Gasteiger partial charge is 0.227 e. The van der Waals surface area contributed by atoms with Crippen LogP contribution in [0.2, 0.25) is 0 Å². The summed E-state index contributed by atoms with van der Waals surface area (Å²) in [4.78, 5) is 23.2. The molecule has 1 fully saturated rings. The maximum Gasteiger partial charge on any atom is 0.227 e. The van der Waals surface area contributed by atoms with Crippen molar-refractivity contribution in [2.45, 2.75) is 26.7 Å². The van der Waals surface area contributed by atoms with Gasteiger partial charge in [-0.15, -0.1) is 0 Å². The molecule has 0 spiro atoms. The molecule has 1 aliphatic rings. The molecule has 0 saturated carbocycles. The van der Waals surface area contributed by atoms with E-state index in [9.17, 15) is 4.79 Å². The first-order valence-electron chi connectivity index (χ1n) is 8.03. The van der Waals surface area contributed by atoms with Gasteiger partial charge in [-0.25, -0.2) is 9.97 Å². The Balaban J connectivity index is 1.58. The lowest BCUT2D eigenvalue weighted by Crippen LogP contribution is -2.39. The second-order valence-electron chi connectivity index (χ2n) is 6.18. The molecular weight excluding hydrogens is 288 g/mol. The Kier molecular flexibility index (Phi) is 4.55. The third-order valence-electron chi connectivity index (χ3n) is 4.19. The summed E-state index contributed by atoms with van der Waals surface area (Å²) >= 11 is 0. The third-order valence-corrected chi connectivity index (χ3v) is 4.19. The average molecular weight is 310 g/mol. The van der Waals surface area contributed by atoms with Gasteiger partial charge in [0.05, 0.1) is 0 Å². The Hall–Kier alpha value is -2.43. The lowest BCUT2D eigenvalue weighted by molar-refractivity contribution is -0.120. The summed E-state index contributed by atoms with van der Waals surface area (Å²) < 4.78 is 0. The quantitative estimate of drug-likeness (QED) is 0.947. The Bertz CT molecular complexity index is 658. The van der Waals surface area contributed by atoms with Crippen LogP contribution in [-0.4, -0.2) is 29.0 Å². The molecule has 5 heteroatoms. The van der Waals surface area contributed by atoms with Gasteiger partial charge in [0.25, 0.3) is 0 Å². The molecule has 2 aromatic rings. The van der Waals surface area contributed by atoms with Gasteiger partial charge in [-0.05, 0) is 56.0 Å². The third kappa shape index (κ3) is 3.86. The van der Waals surface area contributed by atoms with Gasteiger partial charge in [0.2, 0.25) is 11.9 Å². The van der Waals surface area contributed by atoms with Crippen LogP contribution in [0.1, 0.15) is 24.0 Å². The van der Waals surface area contributed by atoms with E-state index in [4.69, 9.17) is 0 Å². The highest BCUT2D eigenvalue weighted by molar-refractivity contribution is 5.92. The van der Waals surface area contributed by atoms with Gasteiger partial charge >= 0.3 is 0 Å². The van der Waals surface area contributed by atoms with Gasteiger partial charge in [0.15, 0.2) is 0 Å². The number of amides is 1. The first-order valence-corrected chi connectivity index (χ1v) is 8.03. The van der Waals surface area contributed by atoms with Gasteiger partial charge < -0.3 is 10.2 Å². The van der Waals surface area contributed by atoms with Crippen molar-refractivity contribution in [3.05, 3.63) is 47.8 Å². The molecule has 1 amide bonds. The van der Waals surface area contributed by atoms with Crippen molar-refractivity contribution in [1.29, 1.82) is 0 Å². The Morgan fingerprint density at radius 2 is 1.70 bits per heavy atom. The van der Waals surface area contributed by atoms with E-state index in [1.165, 1.54) is 0 Å².